The highest BCUT2D eigenvalue weighted by Crippen LogP contribution is 2.12. The predicted molar refractivity (Wildman–Crippen MR) is 52.8 cm³/mol. The first-order chi connectivity index (χ1) is 7.41. The van der Waals surface area contributed by atoms with E-state index in [-0.39, 0.29) is 5.75 Å². The zero-order chi connectivity index (χ0) is 12.2. The van der Waals surface area contributed by atoms with E-state index in [2.05, 4.69) is 8.37 Å². The second-order valence-electron chi connectivity index (χ2n) is 2.73. The molecule has 0 N–H and O–H groups in total. The molecule has 16 heavy (non-hydrogen) atoms. The van der Waals surface area contributed by atoms with E-state index in [1.54, 1.807) is 6.07 Å². The number of benzene rings is 1. The Bertz CT molecular complexity index is 490. The quantitative estimate of drug-likeness (QED) is 0.714. The number of hydrogen-bond acceptors (Lipinski definition) is 6. The van der Waals surface area contributed by atoms with Gasteiger partial charge in [0.2, 0.25) is 5.78 Å². The summed E-state index contributed by atoms with van der Waals surface area (Å²) in [5.41, 5.74) is 0. The lowest BCUT2D eigenvalue weighted by Gasteiger charge is -2.04. The molecule has 0 saturated heterocycles. The van der Waals surface area contributed by atoms with Crippen LogP contribution in [-0.2, 0) is 24.2 Å². The van der Waals surface area contributed by atoms with Crippen molar-refractivity contribution in [3.8, 4) is 5.75 Å². The number of rotatable bonds is 4. The number of ketones is 1. The van der Waals surface area contributed by atoms with Crippen molar-refractivity contribution in [3.63, 3.8) is 0 Å². The van der Waals surface area contributed by atoms with Crippen LogP contribution in [0.5, 0.6) is 5.75 Å². The molecule has 1 rings (SSSR count). The van der Waals surface area contributed by atoms with Crippen LogP contribution in [0.15, 0.2) is 30.3 Å². The Hall–Kier alpha value is -1.89. The number of para-hydroxylation sites is 1. The fourth-order valence-corrected chi connectivity index (χ4v) is 1.45. The third-order valence-electron chi connectivity index (χ3n) is 1.41. The third kappa shape index (κ3) is 3.70. The fourth-order valence-electron chi connectivity index (χ4n) is 0.762. The maximum atomic E-state index is 11.1. The molecule has 0 unspecified atom stereocenters. The molecule has 0 saturated carbocycles. The van der Waals surface area contributed by atoms with Crippen molar-refractivity contribution in [2.45, 2.75) is 6.92 Å². The maximum Gasteiger partial charge on any atom is 0.503 e. The van der Waals surface area contributed by atoms with Crippen LogP contribution in [0.2, 0.25) is 0 Å². The smallest absolute Gasteiger partial charge is 0.353 e. The van der Waals surface area contributed by atoms with Gasteiger partial charge in [-0.05, 0) is 12.1 Å². The van der Waals surface area contributed by atoms with Gasteiger partial charge < -0.3 is 8.37 Å². The first kappa shape index (κ1) is 12.2. The van der Waals surface area contributed by atoms with Gasteiger partial charge in [-0.15, -0.1) is 8.42 Å². The highest BCUT2D eigenvalue weighted by Gasteiger charge is 2.22. The minimum atomic E-state index is -4.55. The lowest BCUT2D eigenvalue weighted by Crippen LogP contribution is -2.22. The molecule has 1 aromatic rings. The first-order valence-electron chi connectivity index (χ1n) is 4.14. The molecular formula is C9H8O6S. The van der Waals surface area contributed by atoms with E-state index in [9.17, 15) is 18.0 Å². The van der Waals surface area contributed by atoms with Crippen LogP contribution in [0.1, 0.15) is 6.92 Å². The monoisotopic (exact) mass is 244 g/mol. The number of carbonyl (C=O) groups excluding carboxylic acids is 2. The predicted octanol–water partition coefficient (Wildman–Crippen LogP) is 0.442. The van der Waals surface area contributed by atoms with Crippen LogP contribution >= 0.6 is 0 Å². The number of carbonyl (C=O) groups is 2. The number of hydrogen-bond donors (Lipinski definition) is 0. The second-order valence-corrected chi connectivity index (χ2v) is 3.88. The Balaban J connectivity index is 2.74. The molecule has 0 aliphatic heterocycles. The second kappa shape index (κ2) is 4.75. The highest BCUT2D eigenvalue weighted by molar-refractivity contribution is 7.82. The molecule has 0 fully saturated rings. The molecule has 86 valence electrons. The Labute approximate surface area is 92.1 Å². The van der Waals surface area contributed by atoms with Crippen molar-refractivity contribution in [2.24, 2.45) is 0 Å². The van der Waals surface area contributed by atoms with Crippen LogP contribution < -0.4 is 4.18 Å². The Morgan fingerprint density at radius 3 is 2.19 bits per heavy atom. The normalized spacial score (nSPS) is 10.6. The first-order valence-corrected chi connectivity index (χ1v) is 5.48. The highest BCUT2D eigenvalue weighted by atomic mass is 32.3. The largest absolute Gasteiger partial charge is 0.503 e. The van der Waals surface area contributed by atoms with Crippen molar-refractivity contribution in [1.29, 1.82) is 0 Å². The van der Waals surface area contributed by atoms with Gasteiger partial charge in [0.15, 0.2) is 0 Å². The van der Waals surface area contributed by atoms with Gasteiger partial charge in [-0.2, -0.15) is 0 Å². The molecule has 0 heterocycles. The van der Waals surface area contributed by atoms with E-state index in [0.717, 1.165) is 6.92 Å². The summed E-state index contributed by atoms with van der Waals surface area (Å²) in [6.07, 6.45) is 0. The van der Waals surface area contributed by atoms with Gasteiger partial charge >= 0.3 is 16.4 Å². The lowest BCUT2D eigenvalue weighted by atomic mass is 10.3. The van der Waals surface area contributed by atoms with E-state index in [0.29, 0.717) is 0 Å². The van der Waals surface area contributed by atoms with Gasteiger partial charge in [0.25, 0.3) is 0 Å². The molecule has 0 aromatic heterocycles. The minimum absolute atomic E-state index is 0.0150. The van der Waals surface area contributed by atoms with Crippen molar-refractivity contribution < 1.29 is 26.4 Å². The van der Waals surface area contributed by atoms with Gasteiger partial charge in [0.1, 0.15) is 5.75 Å². The molecule has 0 aliphatic carbocycles. The van der Waals surface area contributed by atoms with Gasteiger partial charge in [-0.25, -0.2) is 4.79 Å². The summed E-state index contributed by atoms with van der Waals surface area (Å²) in [6.45, 7) is 0.889. The zero-order valence-corrected chi connectivity index (χ0v) is 9.06. The molecule has 0 spiro atoms. The van der Waals surface area contributed by atoms with Gasteiger partial charge in [-0.1, -0.05) is 18.2 Å². The average Bonchev–Trinajstić information content (AvgIpc) is 2.17. The fraction of sp³-hybridized carbons (Fsp3) is 0.111. The van der Waals surface area contributed by atoms with Gasteiger partial charge in [0.05, 0.1) is 0 Å². The zero-order valence-electron chi connectivity index (χ0n) is 8.24. The van der Waals surface area contributed by atoms with Crippen LogP contribution in [-0.4, -0.2) is 20.2 Å². The third-order valence-corrected chi connectivity index (χ3v) is 2.16. The molecule has 7 heteroatoms. The van der Waals surface area contributed by atoms with Gasteiger partial charge in [0, 0.05) is 6.92 Å². The summed E-state index contributed by atoms with van der Waals surface area (Å²) in [7, 11) is -4.55. The molecule has 0 bridgehead atoms. The van der Waals surface area contributed by atoms with Crippen LogP contribution in [0.4, 0.5) is 0 Å². The molecule has 0 atom stereocenters. The lowest BCUT2D eigenvalue weighted by molar-refractivity contribution is -0.146. The Kier molecular flexibility index (Phi) is 3.62. The summed E-state index contributed by atoms with van der Waals surface area (Å²) in [6, 6.07) is 7.45. The minimum Gasteiger partial charge on any atom is -0.353 e. The number of Topliss-reactive ketones (excluding diaryl/α,β-unsaturated/α-hetero) is 1. The topological polar surface area (TPSA) is 86.7 Å². The summed E-state index contributed by atoms with van der Waals surface area (Å²) >= 11 is 0. The Morgan fingerprint density at radius 2 is 1.69 bits per heavy atom. The summed E-state index contributed by atoms with van der Waals surface area (Å²) in [5.74, 6) is -2.53. The molecule has 6 nitrogen and oxygen atoms in total. The molecule has 0 aliphatic rings. The van der Waals surface area contributed by atoms with E-state index in [1.807, 2.05) is 0 Å². The van der Waals surface area contributed by atoms with Crippen molar-refractivity contribution >= 4 is 22.2 Å². The SMILES string of the molecule is CC(=O)C(=O)OS(=O)(=O)Oc1ccccc1. The van der Waals surface area contributed by atoms with Crippen molar-refractivity contribution in [2.75, 3.05) is 0 Å². The van der Waals surface area contributed by atoms with E-state index >= 15 is 0 Å². The van der Waals surface area contributed by atoms with E-state index < -0.39 is 22.2 Å². The van der Waals surface area contributed by atoms with Crippen LogP contribution in [0, 0.1) is 0 Å². The van der Waals surface area contributed by atoms with Gasteiger partial charge in [-0.3, -0.25) is 4.79 Å². The Morgan fingerprint density at radius 1 is 1.12 bits per heavy atom. The van der Waals surface area contributed by atoms with Crippen LogP contribution in [0.3, 0.4) is 0 Å². The molecule has 0 radical (unpaired) electrons. The van der Waals surface area contributed by atoms with Crippen molar-refractivity contribution in [1.82, 2.24) is 0 Å². The summed E-state index contributed by atoms with van der Waals surface area (Å²) in [4.78, 5) is 21.2. The van der Waals surface area contributed by atoms with E-state index in [1.165, 1.54) is 24.3 Å². The molecular weight excluding hydrogens is 236 g/mol. The average molecular weight is 244 g/mol. The molecule has 1 aromatic carbocycles. The molecule has 0 amide bonds. The van der Waals surface area contributed by atoms with E-state index in [4.69, 9.17) is 0 Å². The summed E-state index contributed by atoms with van der Waals surface area (Å²) < 4.78 is 30.5. The standard InChI is InChI=1S/C9H8O6S/c1-7(10)9(11)15-16(12,13)14-8-5-3-2-4-6-8/h2-6H,1H3. The van der Waals surface area contributed by atoms with Crippen LogP contribution in [0.25, 0.3) is 0 Å². The maximum absolute atomic E-state index is 11.1. The summed E-state index contributed by atoms with van der Waals surface area (Å²) in [5, 5.41) is 0. The van der Waals surface area contributed by atoms with Crippen molar-refractivity contribution in [3.05, 3.63) is 30.3 Å².